The highest BCUT2D eigenvalue weighted by Crippen LogP contribution is 2.37. The van der Waals surface area contributed by atoms with Crippen molar-refractivity contribution < 1.29 is 18.9 Å². The summed E-state index contributed by atoms with van der Waals surface area (Å²) in [6.45, 7) is 3.24. The predicted octanol–water partition coefficient (Wildman–Crippen LogP) is 2.22. The monoisotopic (exact) mass is 331 g/mol. The number of benzene rings is 1. The average Bonchev–Trinajstić information content (AvgIpc) is 2.98. The fourth-order valence-electron chi connectivity index (χ4n) is 2.36. The molecule has 2 heterocycles. The van der Waals surface area contributed by atoms with E-state index in [4.69, 9.17) is 14.0 Å². The first-order chi connectivity index (χ1) is 11.5. The van der Waals surface area contributed by atoms with Crippen LogP contribution in [0.15, 0.2) is 10.6 Å². The van der Waals surface area contributed by atoms with Crippen molar-refractivity contribution in [3.8, 4) is 23.2 Å². The Kier molecular flexibility index (Phi) is 3.72. The molecular weight excluding hydrogens is 318 g/mol. The lowest BCUT2D eigenvalue weighted by atomic mass is 10.0. The Morgan fingerprint density at radius 3 is 2.33 bits per heavy atom. The van der Waals surface area contributed by atoms with E-state index in [0.717, 1.165) is 0 Å². The first-order valence-electron chi connectivity index (χ1n) is 6.84. The highest BCUT2D eigenvalue weighted by molar-refractivity contribution is 5.94. The van der Waals surface area contributed by atoms with Crippen molar-refractivity contribution in [3.63, 3.8) is 0 Å². The predicted molar refractivity (Wildman–Crippen MR) is 82.1 cm³/mol. The van der Waals surface area contributed by atoms with Gasteiger partial charge in [0.05, 0.1) is 24.7 Å². The summed E-state index contributed by atoms with van der Waals surface area (Å²) in [5.74, 6) is 0.796. The van der Waals surface area contributed by atoms with Crippen LogP contribution in [0.2, 0.25) is 0 Å². The fourth-order valence-corrected chi connectivity index (χ4v) is 2.36. The van der Waals surface area contributed by atoms with E-state index in [0.29, 0.717) is 22.5 Å². The molecule has 3 rings (SSSR count). The number of hydrogen-bond acceptors (Lipinski definition) is 9. The first-order valence-corrected chi connectivity index (χ1v) is 6.84. The van der Waals surface area contributed by atoms with Gasteiger partial charge >= 0.3 is 0 Å². The van der Waals surface area contributed by atoms with E-state index >= 15 is 0 Å². The van der Waals surface area contributed by atoms with Gasteiger partial charge in [-0.25, -0.2) is 9.97 Å². The lowest BCUT2D eigenvalue weighted by Crippen LogP contribution is -2.02. The van der Waals surface area contributed by atoms with Crippen molar-refractivity contribution in [1.82, 2.24) is 20.1 Å². The van der Waals surface area contributed by atoms with Crippen LogP contribution in [0.5, 0.6) is 11.8 Å². The van der Waals surface area contributed by atoms with Crippen LogP contribution in [0.4, 0.5) is 5.69 Å². The van der Waals surface area contributed by atoms with Crippen molar-refractivity contribution in [1.29, 1.82) is 0 Å². The summed E-state index contributed by atoms with van der Waals surface area (Å²) in [5, 5.41) is 15.1. The highest BCUT2D eigenvalue weighted by Gasteiger charge is 2.25. The molecule has 0 aliphatic heterocycles. The standard InChI is InChI=1S/C14H13N5O5/c1-6-9(19(20)21)5-8-11(10(6)12-15-7(2)18-24-12)17-14(23-4)13(16-8)22-3/h5H,1-4H3. The van der Waals surface area contributed by atoms with E-state index in [9.17, 15) is 10.1 Å². The third-order valence-corrected chi connectivity index (χ3v) is 3.46. The maximum absolute atomic E-state index is 11.4. The maximum atomic E-state index is 11.4. The Bertz CT molecular complexity index is 952. The summed E-state index contributed by atoms with van der Waals surface area (Å²) < 4.78 is 15.4. The van der Waals surface area contributed by atoms with Gasteiger partial charge in [-0.3, -0.25) is 10.1 Å². The molecule has 0 fully saturated rings. The molecule has 124 valence electrons. The van der Waals surface area contributed by atoms with Crippen LogP contribution in [0.3, 0.4) is 0 Å². The third-order valence-electron chi connectivity index (χ3n) is 3.46. The number of aryl methyl sites for hydroxylation is 1. The van der Waals surface area contributed by atoms with E-state index in [1.54, 1.807) is 13.8 Å². The minimum Gasteiger partial charge on any atom is -0.477 e. The zero-order valence-corrected chi connectivity index (χ0v) is 13.4. The van der Waals surface area contributed by atoms with Gasteiger partial charge in [-0.2, -0.15) is 4.98 Å². The van der Waals surface area contributed by atoms with Gasteiger partial charge in [-0.05, 0) is 13.8 Å². The quantitative estimate of drug-likeness (QED) is 0.522. The molecular formula is C14H13N5O5. The van der Waals surface area contributed by atoms with Crippen molar-refractivity contribution >= 4 is 16.7 Å². The molecule has 3 aromatic rings. The Morgan fingerprint density at radius 2 is 1.79 bits per heavy atom. The largest absolute Gasteiger partial charge is 0.477 e. The molecule has 24 heavy (non-hydrogen) atoms. The Hall–Kier alpha value is -3.30. The normalized spacial score (nSPS) is 10.8. The van der Waals surface area contributed by atoms with Gasteiger partial charge in [0.25, 0.3) is 23.3 Å². The molecule has 0 spiro atoms. The summed E-state index contributed by atoms with van der Waals surface area (Å²) in [4.78, 5) is 23.6. The molecule has 0 atom stereocenters. The lowest BCUT2D eigenvalue weighted by Gasteiger charge is -2.10. The summed E-state index contributed by atoms with van der Waals surface area (Å²) in [5.41, 5.74) is 1.16. The smallest absolute Gasteiger partial charge is 0.278 e. The van der Waals surface area contributed by atoms with Crippen LogP contribution in [0.25, 0.3) is 22.5 Å². The average molecular weight is 331 g/mol. The lowest BCUT2D eigenvalue weighted by molar-refractivity contribution is -0.385. The summed E-state index contributed by atoms with van der Waals surface area (Å²) >= 11 is 0. The Balaban J connectivity index is 2.45. The number of nitro groups is 1. The van der Waals surface area contributed by atoms with Crippen molar-refractivity contribution in [2.75, 3.05) is 14.2 Å². The van der Waals surface area contributed by atoms with E-state index < -0.39 is 4.92 Å². The molecule has 10 nitrogen and oxygen atoms in total. The van der Waals surface area contributed by atoms with Crippen LogP contribution < -0.4 is 9.47 Å². The van der Waals surface area contributed by atoms with Gasteiger partial charge in [0.2, 0.25) is 0 Å². The molecule has 2 aromatic heterocycles. The number of fused-ring (bicyclic) bond motifs is 1. The van der Waals surface area contributed by atoms with Crippen LogP contribution in [-0.2, 0) is 0 Å². The molecule has 0 bridgehead atoms. The second-order valence-corrected chi connectivity index (χ2v) is 4.91. The van der Waals surface area contributed by atoms with Gasteiger partial charge in [0.1, 0.15) is 11.0 Å². The number of ether oxygens (including phenoxy) is 2. The van der Waals surface area contributed by atoms with E-state index in [1.165, 1.54) is 20.3 Å². The zero-order chi connectivity index (χ0) is 17.4. The number of nitro benzene ring substituents is 1. The number of nitrogens with zero attached hydrogens (tertiary/aromatic N) is 5. The van der Waals surface area contributed by atoms with Gasteiger partial charge < -0.3 is 14.0 Å². The van der Waals surface area contributed by atoms with Gasteiger partial charge in [-0.15, -0.1) is 0 Å². The van der Waals surface area contributed by atoms with Crippen molar-refractivity contribution in [2.45, 2.75) is 13.8 Å². The molecule has 0 radical (unpaired) electrons. The molecule has 10 heteroatoms. The minimum atomic E-state index is -0.500. The summed E-state index contributed by atoms with van der Waals surface area (Å²) in [6, 6.07) is 1.33. The van der Waals surface area contributed by atoms with Gasteiger partial charge in [0, 0.05) is 11.6 Å². The maximum Gasteiger partial charge on any atom is 0.278 e. The second-order valence-electron chi connectivity index (χ2n) is 4.91. The van der Waals surface area contributed by atoms with Crippen LogP contribution in [-0.4, -0.2) is 39.3 Å². The molecule has 0 amide bonds. The number of hydrogen-bond donors (Lipinski definition) is 0. The van der Waals surface area contributed by atoms with Gasteiger partial charge in [-0.1, -0.05) is 5.16 Å². The topological polar surface area (TPSA) is 126 Å². The number of aromatic nitrogens is 4. The molecule has 1 aromatic carbocycles. The van der Waals surface area contributed by atoms with Crippen LogP contribution in [0, 0.1) is 24.0 Å². The van der Waals surface area contributed by atoms with Crippen molar-refractivity contribution in [3.05, 3.63) is 27.6 Å². The fraction of sp³-hybridized carbons (Fsp3) is 0.286. The van der Waals surface area contributed by atoms with Crippen LogP contribution in [0.1, 0.15) is 11.4 Å². The Morgan fingerprint density at radius 1 is 1.12 bits per heavy atom. The number of methoxy groups -OCH3 is 2. The Labute approximate surface area is 135 Å². The van der Waals surface area contributed by atoms with Crippen LogP contribution >= 0.6 is 0 Å². The second kappa shape index (κ2) is 5.72. The molecule has 0 saturated heterocycles. The van der Waals surface area contributed by atoms with E-state index in [2.05, 4.69) is 20.1 Å². The highest BCUT2D eigenvalue weighted by atomic mass is 16.6. The molecule has 0 aliphatic carbocycles. The minimum absolute atomic E-state index is 0.121. The summed E-state index contributed by atoms with van der Waals surface area (Å²) in [6.07, 6.45) is 0. The molecule has 0 N–H and O–H groups in total. The summed E-state index contributed by atoms with van der Waals surface area (Å²) in [7, 11) is 2.83. The first kappa shape index (κ1) is 15.6. The third kappa shape index (κ3) is 2.37. The SMILES string of the molecule is COc1nc2cc([N+](=O)[O-])c(C)c(-c3nc(C)no3)c2nc1OC. The number of rotatable bonds is 4. The van der Waals surface area contributed by atoms with E-state index in [-0.39, 0.29) is 28.9 Å². The zero-order valence-electron chi connectivity index (χ0n) is 13.4. The molecule has 0 saturated carbocycles. The van der Waals surface area contributed by atoms with Crippen molar-refractivity contribution in [2.24, 2.45) is 0 Å². The molecule has 0 aliphatic rings. The van der Waals surface area contributed by atoms with Gasteiger partial charge in [0.15, 0.2) is 5.82 Å². The van der Waals surface area contributed by atoms with E-state index in [1.807, 2.05) is 0 Å². The molecule has 0 unspecified atom stereocenters.